The summed E-state index contributed by atoms with van der Waals surface area (Å²) in [7, 11) is 0. The van der Waals surface area contributed by atoms with Crippen LogP contribution in [0.1, 0.15) is 35.8 Å². The standard InChI is InChI=1S/C13H13NO3S/c15-11(16)7-8-3-1-5-10-12(8)14-13(18-10)9-4-2-6-17-9/h2,4,6,8H,1,3,5,7H2,(H,15,16). The van der Waals surface area contributed by atoms with Gasteiger partial charge in [0.25, 0.3) is 0 Å². The molecule has 0 saturated carbocycles. The maximum Gasteiger partial charge on any atom is 0.304 e. The Morgan fingerprint density at radius 1 is 1.61 bits per heavy atom. The fourth-order valence-electron chi connectivity index (χ4n) is 2.42. The molecule has 0 fully saturated rings. The first kappa shape index (κ1) is 11.5. The summed E-state index contributed by atoms with van der Waals surface area (Å²) in [5, 5.41) is 9.80. The van der Waals surface area contributed by atoms with E-state index in [1.165, 1.54) is 4.88 Å². The van der Waals surface area contributed by atoms with E-state index in [0.717, 1.165) is 35.7 Å². The van der Waals surface area contributed by atoms with Gasteiger partial charge in [-0.2, -0.15) is 0 Å². The number of aromatic nitrogens is 1. The molecule has 1 atom stereocenters. The first-order valence-electron chi connectivity index (χ1n) is 5.99. The van der Waals surface area contributed by atoms with Crippen molar-refractivity contribution < 1.29 is 14.3 Å². The molecule has 1 unspecified atom stereocenters. The first-order chi connectivity index (χ1) is 8.74. The van der Waals surface area contributed by atoms with Crippen molar-refractivity contribution in [3.63, 3.8) is 0 Å². The van der Waals surface area contributed by atoms with Crippen LogP contribution in [-0.4, -0.2) is 16.1 Å². The second-order valence-corrected chi connectivity index (χ2v) is 5.58. The van der Waals surface area contributed by atoms with E-state index in [-0.39, 0.29) is 12.3 Å². The van der Waals surface area contributed by atoms with Crippen molar-refractivity contribution in [2.75, 3.05) is 0 Å². The normalized spacial score (nSPS) is 18.6. The summed E-state index contributed by atoms with van der Waals surface area (Å²) >= 11 is 1.63. The lowest BCUT2D eigenvalue weighted by molar-refractivity contribution is -0.137. The van der Waals surface area contributed by atoms with Crippen molar-refractivity contribution in [2.45, 2.75) is 31.6 Å². The molecule has 0 spiro atoms. The van der Waals surface area contributed by atoms with E-state index in [0.29, 0.717) is 0 Å². The predicted molar refractivity (Wildman–Crippen MR) is 67.7 cm³/mol. The number of furan rings is 1. The molecule has 0 radical (unpaired) electrons. The Bertz CT molecular complexity index is 559. The number of carboxylic acid groups (broad SMARTS) is 1. The van der Waals surface area contributed by atoms with Gasteiger partial charge in [-0.3, -0.25) is 4.79 Å². The van der Waals surface area contributed by atoms with Crippen molar-refractivity contribution >= 4 is 17.3 Å². The summed E-state index contributed by atoms with van der Waals surface area (Å²) in [6.45, 7) is 0. The minimum atomic E-state index is -0.750. The monoisotopic (exact) mass is 263 g/mol. The van der Waals surface area contributed by atoms with Crippen molar-refractivity contribution in [3.05, 3.63) is 29.0 Å². The molecule has 1 N–H and O–H groups in total. The minimum absolute atomic E-state index is 0.0613. The molecule has 18 heavy (non-hydrogen) atoms. The Morgan fingerprint density at radius 3 is 3.22 bits per heavy atom. The van der Waals surface area contributed by atoms with Gasteiger partial charge < -0.3 is 9.52 Å². The zero-order valence-corrected chi connectivity index (χ0v) is 10.6. The maximum absolute atomic E-state index is 10.9. The highest BCUT2D eigenvalue weighted by molar-refractivity contribution is 7.15. The number of hydrogen-bond acceptors (Lipinski definition) is 4. The van der Waals surface area contributed by atoms with Gasteiger partial charge in [0, 0.05) is 10.8 Å². The number of thiazole rings is 1. The summed E-state index contributed by atoms with van der Waals surface area (Å²) in [4.78, 5) is 16.7. The maximum atomic E-state index is 10.9. The third-order valence-electron chi connectivity index (χ3n) is 3.22. The molecule has 4 nitrogen and oxygen atoms in total. The van der Waals surface area contributed by atoms with Crippen LogP contribution in [0.5, 0.6) is 0 Å². The van der Waals surface area contributed by atoms with Crippen LogP contribution in [0.25, 0.3) is 10.8 Å². The Labute approximate surface area is 108 Å². The topological polar surface area (TPSA) is 63.3 Å². The molecule has 2 aromatic rings. The average molecular weight is 263 g/mol. The Balaban J connectivity index is 1.95. The first-order valence-corrected chi connectivity index (χ1v) is 6.81. The largest absolute Gasteiger partial charge is 0.481 e. The molecule has 0 bridgehead atoms. The Morgan fingerprint density at radius 2 is 2.50 bits per heavy atom. The van der Waals surface area contributed by atoms with Crippen LogP contribution in [0.15, 0.2) is 22.8 Å². The average Bonchev–Trinajstić information content (AvgIpc) is 2.97. The van der Waals surface area contributed by atoms with Crippen LogP contribution in [0.4, 0.5) is 0 Å². The van der Waals surface area contributed by atoms with Gasteiger partial charge in [-0.05, 0) is 31.4 Å². The number of nitrogens with zero attached hydrogens (tertiary/aromatic N) is 1. The van der Waals surface area contributed by atoms with Gasteiger partial charge in [0.15, 0.2) is 10.8 Å². The van der Waals surface area contributed by atoms with Gasteiger partial charge in [-0.1, -0.05) is 0 Å². The lowest BCUT2D eigenvalue weighted by Gasteiger charge is -2.18. The van der Waals surface area contributed by atoms with E-state index < -0.39 is 5.97 Å². The number of hydrogen-bond donors (Lipinski definition) is 1. The van der Waals surface area contributed by atoms with Crippen molar-refractivity contribution in [3.8, 4) is 10.8 Å². The fraction of sp³-hybridized carbons (Fsp3) is 0.385. The minimum Gasteiger partial charge on any atom is -0.481 e. The summed E-state index contributed by atoms with van der Waals surface area (Å²) in [5.41, 5.74) is 0.972. The fourth-order valence-corrected chi connectivity index (χ4v) is 3.58. The highest BCUT2D eigenvalue weighted by atomic mass is 32.1. The number of carbonyl (C=O) groups is 1. The molecule has 0 aliphatic heterocycles. The van der Waals surface area contributed by atoms with Crippen LogP contribution in [0.2, 0.25) is 0 Å². The summed E-state index contributed by atoms with van der Waals surface area (Å²) < 4.78 is 5.35. The highest BCUT2D eigenvalue weighted by Gasteiger charge is 2.27. The van der Waals surface area contributed by atoms with E-state index in [1.807, 2.05) is 12.1 Å². The molecule has 0 saturated heterocycles. The molecule has 2 heterocycles. The molecule has 94 valence electrons. The van der Waals surface area contributed by atoms with Crippen molar-refractivity contribution in [1.29, 1.82) is 0 Å². The highest BCUT2D eigenvalue weighted by Crippen LogP contribution is 2.39. The van der Waals surface area contributed by atoms with Crippen molar-refractivity contribution in [1.82, 2.24) is 4.98 Å². The Kier molecular flexibility index (Phi) is 2.91. The van der Waals surface area contributed by atoms with E-state index in [9.17, 15) is 4.79 Å². The molecule has 0 amide bonds. The number of aliphatic carboxylic acids is 1. The predicted octanol–water partition coefficient (Wildman–Crippen LogP) is 3.30. The Hall–Kier alpha value is -1.62. The van der Waals surface area contributed by atoms with Crippen LogP contribution in [-0.2, 0) is 11.2 Å². The van der Waals surface area contributed by atoms with Gasteiger partial charge in [0.05, 0.1) is 18.4 Å². The second kappa shape index (κ2) is 4.57. The zero-order valence-electron chi connectivity index (χ0n) is 9.76. The smallest absolute Gasteiger partial charge is 0.304 e. The third kappa shape index (κ3) is 2.06. The molecule has 1 aliphatic carbocycles. The van der Waals surface area contributed by atoms with Gasteiger partial charge in [0.2, 0.25) is 0 Å². The van der Waals surface area contributed by atoms with Gasteiger partial charge in [-0.25, -0.2) is 4.98 Å². The quantitative estimate of drug-likeness (QED) is 0.922. The molecule has 0 aromatic carbocycles. The number of carboxylic acids is 1. The van der Waals surface area contributed by atoms with E-state index in [4.69, 9.17) is 9.52 Å². The van der Waals surface area contributed by atoms with Gasteiger partial charge in [-0.15, -0.1) is 11.3 Å². The lowest BCUT2D eigenvalue weighted by atomic mass is 9.88. The van der Waals surface area contributed by atoms with Gasteiger partial charge >= 0.3 is 5.97 Å². The van der Waals surface area contributed by atoms with E-state index in [1.54, 1.807) is 17.6 Å². The molecular weight excluding hydrogens is 250 g/mol. The van der Waals surface area contributed by atoms with Crippen LogP contribution < -0.4 is 0 Å². The third-order valence-corrected chi connectivity index (χ3v) is 4.37. The molecule has 5 heteroatoms. The number of rotatable bonds is 3. The molecule has 2 aromatic heterocycles. The molecule has 1 aliphatic rings. The number of aryl methyl sites for hydroxylation is 1. The number of fused-ring (bicyclic) bond motifs is 1. The van der Waals surface area contributed by atoms with E-state index >= 15 is 0 Å². The summed E-state index contributed by atoms with van der Waals surface area (Å²) in [5.74, 6) is 0.0788. The van der Waals surface area contributed by atoms with Crippen LogP contribution in [0.3, 0.4) is 0 Å². The molecular formula is C13H13NO3S. The van der Waals surface area contributed by atoms with E-state index in [2.05, 4.69) is 4.98 Å². The lowest BCUT2D eigenvalue weighted by Crippen LogP contribution is -2.12. The second-order valence-electron chi connectivity index (χ2n) is 4.49. The van der Waals surface area contributed by atoms with Crippen LogP contribution >= 0.6 is 11.3 Å². The SMILES string of the molecule is O=C(O)CC1CCCc2sc(-c3ccco3)nc21. The van der Waals surface area contributed by atoms with Gasteiger partial charge in [0.1, 0.15) is 0 Å². The van der Waals surface area contributed by atoms with Crippen LogP contribution in [0, 0.1) is 0 Å². The summed E-state index contributed by atoms with van der Waals surface area (Å²) in [6.07, 6.45) is 4.77. The summed E-state index contributed by atoms with van der Waals surface area (Å²) in [6, 6.07) is 3.72. The van der Waals surface area contributed by atoms with Crippen molar-refractivity contribution in [2.24, 2.45) is 0 Å². The molecule has 3 rings (SSSR count). The zero-order chi connectivity index (χ0) is 12.5.